The lowest BCUT2D eigenvalue weighted by Crippen LogP contribution is -2.11. The van der Waals surface area contributed by atoms with Gasteiger partial charge >= 0.3 is 5.97 Å². The number of carbonyl (C=O) groups is 1. The summed E-state index contributed by atoms with van der Waals surface area (Å²) in [6.07, 6.45) is 4.38. The normalized spacial score (nSPS) is 11.6. The minimum absolute atomic E-state index is 0.230. The first-order chi connectivity index (χ1) is 9.15. The molecule has 1 atom stereocenters. The van der Waals surface area contributed by atoms with Crippen LogP contribution >= 0.6 is 0 Å². The van der Waals surface area contributed by atoms with Gasteiger partial charge < -0.3 is 10.4 Å². The first kappa shape index (κ1) is 15.0. The van der Waals surface area contributed by atoms with Crippen LogP contribution in [0.15, 0.2) is 18.3 Å². The van der Waals surface area contributed by atoms with Crippen molar-refractivity contribution in [3.8, 4) is 6.07 Å². The lowest BCUT2D eigenvalue weighted by atomic mass is 9.97. The van der Waals surface area contributed by atoms with Gasteiger partial charge in [-0.25, -0.2) is 4.98 Å². The van der Waals surface area contributed by atoms with E-state index in [4.69, 9.17) is 10.4 Å². The van der Waals surface area contributed by atoms with E-state index in [9.17, 15) is 4.79 Å². The number of nitrogens with zero attached hydrogens (tertiary/aromatic N) is 2. The van der Waals surface area contributed by atoms with Crippen LogP contribution < -0.4 is 5.32 Å². The number of carboxylic acid groups (broad SMARTS) is 1. The van der Waals surface area contributed by atoms with Crippen LogP contribution in [-0.4, -0.2) is 22.6 Å². The molecule has 0 fully saturated rings. The smallest absolute Gasteiger partial charge is 0.303 e. The van der Waals surface area contributed by atoms with Gasteiger partial charge in [0.1, 0.15) is 11.9 Å². The summed E-state index contributed by atoms with van der Waals surface area (Å²) in [7, 11) is 0. The van der Waals surface area contributed by atoms with E-state index in [0.29, 0.717) is 17.9 Å². The molecule has 0 aliphatic heterocycles. The van der Waals surface area contributed by atoms with Crippen molar-refractivity contribution < 1.29 is 9.90 Å². The summed E-state index contributed by atoms with van der Waals surface area (Å²) in [5, 5.41) is 20.5. The van der Waals surface area contributed by atoms with Gasteiger partial charge in [0.25, 0.3) is 0 Å². The lowest BCUT2D eigenvalue weighted by Gasteiger charge is -2.14. The third kappa shape index (κ3) is 5.87. The third-order valence-corrected chi connectivity index (χ3v) is 3.10. The molecule has 1 aromatic heterocycles. The van der Waals surface area contributed by atoms with Crippen LogP contribution in [0.2, 0.25) is 0 Å². The molecule has 0 aromatic carbocycles. The first-order valence-corrected chi connectivity index (χ1v) is 6.47. The molecule has 102 valence electrons. The Balaban J connectivity index is 2.31. The zero-order valence-electron chi connectivity index (χ0n) is 11.1. The maximum atomic E-state index is 10.5. The van der Waals surface area contributed by atoms with E-state index < -0.39 is 5.97 Å². The molecule has 0 aliphatic rings. The second kappa shape index (κ2) is 8.09. The summed E-state index contributed by atoms with van der Waals surface area (Å²) in [5.41, 5.74) is 0.540. The highest BCUT2D eigenvalue weighted by Crippen LogP contribution is 2.15. The van der Waals surface area contributed by atoms with Crippen molar-refractivity contribution in [2.45, 2.75) is 32.6 Å². The highest BCUT2D eigenvalue weighted by atomic mass is 16.4. The molecule has 0 amide bonds. The van der Waals surface area contributed by atoms with Gasteiger partial charge in [-0.15, -0.1) is 0 Å². The number of hydrogen-bond acceptors (Lipinski definition) is 4. The molecule has 1 heterocycles. The van der Waals surface area contributed by atoms with E-state index >= 15 is 0 Å². The molecular weight excluding hydrogens is 242 g/mol. The summed E-state index contributed by atoms with van der Waals surface area (Å²) >= 11 is 0. The molecule has 1 aromatic rings. The highest BCUT2D eigenvalue weighted by Gasteiger charge is 2.08. The van der Waals surface area contributed by atoms with Crippen molar-refractivity contribution in [2.24, 2.45) is 5.92 Å². The van der Waals surface area contributed by atoms with Gasteiger partial charge in [0.05, 0.1) is 5.56 Å². The summed E-state index contributed by atoms with van der Waals surface area (Å²) in [4.78, 5) is 14.6. The molecule has 0 saturated carbocycles. The van der Waals surface area contributed by atoms with Crippen molar-refractivity contribution in [3.05, 3.63) is 23.9 Å². The predicted molar refractivity (Wildman–Crippen MR) is 72.7 cm³/mol. The topological polar surface area (TPSA) is 86.0 Å². The zero-order chi connectivity index (χ0) is 14.1. The monoisotopic (exact) mass is 261 g/mol. The molecule has 0 radical (unpaired) electrons. The Morgan fingerprint density at radius 2 is 2.32 bits per heavy atom. The molecular formula is C14H19N3O2. The number of nitrogens with one attached hydrogen (secondary N) is 1. The van der Waals surface area contributed by atoms with Crippen LogP contribution in [0, 0.1) is 17.2 Å². The summed E-state index contributed by atoms with van der Waals surface area (Å²) in [5.74, 6) is 0.425. The van der Waals surface area contributed by atoms with Crippen molar-refractivity contribution >= 4 is 11.8 Å². The van der Waals surface area contributed by atoms with Crippen LogP contribution in [0.5, 0.6) is 0 Å². The van der Waals surface area contributed by atoms with Crippen LogP contribution in [-0.2, 0) is 4.79 Å². The predicted octanol–water partition coefficient (Wildman–Crippen LogP) is 2.65. The maximum absolute atomic E-state index is 10.5. The fraction of sp³-hybridized carbons (Fsp3) is 0.500. The molecule has 0 bridgehead atoms. The molecule has 0 aliphatic carbocycles. The zero-order valence-corrected chi connectivity index (χ0v) is 11.1. The Kier molecular flexibility index (Phi) is 6.37. The maximum Gasteiger partial charge on any atom is 0.303 e. The quantitative estimate of drug-likeness (QED) is 0.751. The number of aliphatic carboxylic acids is 1. The SMILES string of the molecule is CCC(CCNc1ccc(C#N)cn1)CCC(=O)O. The number of aromatic nitrogens is 1. The van der Waals surface area contributed by atoms with Crippen molar-refractivity contribution in [1.82, 2.24) is 4.98 Å². The average Bonchev–Trinajstić information content (AvgIpc) is 2.43. The van der Waals surface area contributed by atoms with Gasteiger partial charge in [0.15, 0.2) is 0 Å². The highest BCUT2D eigenvalue weighted by molar-refractivity contribution is 5.66. The van der Waals surface area contributed by atoms with E-state index in [1.165, 1.54) is 6.20 Å². The van der Waals surface area contributed by atoms with Crippen molar-refractivity contribution in [3.63, 3.8) is 0 Å². The fourth-order valence-electron chi connectivity index (χ4n) is 1.85. The Labute approximate surface area is 113 Å². The lowest BCUT2D eigenvalue weighted by molar-refractivity contribution is -0.137. The summed E-state index contributed by atoms with van der Waals surface area (Å²) in [6, 6.07) is 5.51. The summed E-state index contributed by atoms with van der Waals surface area (Å²) < 4.78 is 0. The van der Waals surface area contributed by atoms with Gasteiger partial charge in [0, 0.05) is 19.2 Å². The molecule has 0 saturated heterocycles. The van der Waals surface area contributed by atoms with Gasteiger partial charge in [-0.1, -0.05) is 13.3 Å². The minimum Gasteiger partial charge on any atom is -0.481 e. The van der Waals surface area contributed by atoms with Crippen LogP contribution in [0.25, 0.3) is 0 Å². The molecule has 5 nitrogen and oxygen atoms in total. The van der Waals surface area contributed by atoms with E-state index in [0.717, 1.165) is 25.2 Å². The number of anilines is 1. The van der Waals surface area contributed by atoms with Crippen LogP contribution in [0.3, 0.4) is 0 Å². The third-order valence-electron chi connectivity index (χ3n) is 3.10. The second-order valence-electron chi connectivity index (χ2n) is 4.47. The van der Waals surface area contributed by atoms with Crippen LogP contribution in [0.1, 0.15) is 38.2 Å². The average molecular weight is 261 g/mol. The Hall–Kier alpha value is -2.09. The van der Waals surface area contributed by atoms with E-state index in [2.05, 4.69) is 17.2 Å². The number of hydrogen-bond donors (Lipinski definition) is 2. The first-order valence-electron chi connectivity index (χ1n) is 6.47. The van der Waals surface area contributed by atoms with Gasteiger partial charge in [-0.2, -0.15) is 5.26 Å². The standard InChI is InChI=1S/C14H19N3O2/c1-2-11(4-6-14(18)19)7-8-16-13-5-3-12(9-15)10-17-13/h3,5,10-11H,2,4,6-8H2,1H3,(H,16,17)(H,18,19). The second-order valence-corrected chi connectivity index (χ2v) is 4.47. The van der Waals surface area contributed by atoms with E-state index in [-0.39, 0.29) is 6.42 Å². The van der Waals surface area contributed by atoms with Crippen molar-refractivity contribution in [1.29, 1.82) is 5.26 Å². The number of nitriles is 1. The molecule has 19 heavy (non-hydrogen) atoms. The Bertz CT molecular complexity index is 437. The number of carboxylic acids is 1. The Morgan fingerprint density at radius 1 is 1.53 bits per heavy atom. The summed E-state index contributed by atoms with van der Waals surface area (Å²) in [6.45, 7) is 2.84. The number of pyridine rings is 1. The van der Waals surface area contributed by atoms with E-state index in [1.807, 2.05) is 6.07 Å². The van der Waals surface area contributed by atoms with Gasteiger partial charge in [-0.05, 0) is 30.9 Å². The van der Waals surface area contributed by atoms with E-state index in [1.54, 1.807) is 12.1 Å². The van der Waals surface area contributed by atoms with Gasteiger partial charge in [0.2, 0.25) is 0 Å². The molecule has 1 rings (SSSR count). The molecule has 2 N–H and O–H groups in total. The van der Waals surface area contributed by atoms with Gasteiger partial charge in [-0.3, -0.25) is 4.79 Å². The largest absolute Gasteiger partial charge is 0.481 e. The molecule has 0 spiro atoms. The van der Waals surface area contributed by atoms with Crippen molar-refractivity contribution in [2.75, 3.05) is 11.9 Å². The fourth-order valence-corrected chi connectivity index (χ4v) is 1.85. The number of rotatable bonds is 8. The molecule has 1 unspecified atom stereocenters. The molecule has 5 heteroatoms. The van der Waals surface area contributed by atoms with Crippen LogP contribution in [0.4, 0.5) is 5.82 Å². The minimum atomic E-state index is -0.736. The Morgan fingerprint density at radius 3 is 2.84 bits per heavy atom.